The molecule has 0 saturated heterocycles. The molecule has 0 aromatic heterocycles. The molecule has 0 radical (unpaired) electrons. The van der Waals surface area contributed by atoms with E-state index in [0.29, 0.717) is 12.5 Å². The topological polar surface area (TPSA) is 20.3 Å². The van der Waals surface area contributed by atoms with E-state index in [1.165, 1.54) is 11.1 Å². The molecule has 0 heterocycles. The minimum Gasteiger partial charge on any atom is -0.342 e. The van der Waals surface area contributed by atoms with Gasteiger partial charge in [-0.3, -0.25) is 4.79 Å². The number of carbonyl (C=O) groups excluding carboxylic acids is 1. The maximum atomic E-state index is 11.6. The summed E-state index contributed by atoms with van der Waals surface area (Å²) in [7, 11) is 1.90. The molecule has 0 fully saturated rings. The Morgan fingerprint density at radius 3 is 2.62 bits per heavy atom. The van der Waals surface area contributed by atoms with Crippen LogP contribution in [0, 0.1) is 0 Å². The van der Waals surface area contributed by atoms with Crippen molar-refractivity contribution in [3.05, 3.63) is 36.0 Å². The highest BCUT2D eigenvalue weighted by molar-refractivity contribution is 5.76. The van der Waals surface area contributed by atoms with Crippen molar-refractivity contribution in [2.45, 2.75) is 39.2 Å². The SMILES string of the molecule is C=CC1=C(/C=C\C)CC(N(C)C(=O)CC)C1. The minimum atomic E-state index is 0.218. The fourth-order valence-electron chi connectivity index (χ4n) is 2.16. The molecule has 1 aliphatic carbocycles. The lowest BCUT2D eigenvalue weighted by molar-refractivity contribution is -0.131. The van der Waals surface area contributed by atoms with Gasteiger partial charge in [-0.05, 0) is 30.9 Å². The van der Waals surface area contributed by atoms with E-state index >= 15 is 0 Å². The van der Waals surface area contributed by atoms with Gasteiger partial charge in [0, 0.05) is 19.5 Å². The van der Waals surface area contributed by atoms with Gasteiger partial charge in [0.05, 0.1) is 0 Å². The van der Waals surface area contributed by atoms with E-state index in [1.807, 2.05) is 37.9 Å². The van der Waals surface area contributed by atoms with Crippen molar-refractivity contribution in [1.82, 2.24) is 4.90 Å². The number of nitrogens with zero attached hydrogens (tertiary/aromatic N) is 1. The summed E-state index contributed by atoms with van der Waals surface area (Å²) in [5, 5.41) is 0. The zero-order valence-corrected chi connectivity index (χ0v) is 10.5. The van der Waals surface area contributed by atoms with Gasteiger partial charge in [-0.2, -0.15) is 0 Å². The van der Waals surface area contributed by atoms with Crippen molar-refractivity contribution in [2.75, 3.05) is 7.05 Å². The van der Waals surface area contributed by atoms with Crippen LogP contribution in [-0.4, -0.2) is 23.9 Å². The van der Waals surface area contributed by atoms with Crippen LogP contribution in [0.25, 0.3) is 0 Å². The second-order valence-electron chi connectivity index (χ2n) is 4.17. The van der Waals surface area contributed by atoms with Crippen LogP contribution in [0.15, 0.2) is 36.0 Å². The second-order valence-corrected chi connectivity index (χ2v) is 4.17. The van der Waals surface area contributed by atoms with Gasteiger partial charge in [-0.25, -0.2) is 0 Å². The van der Waals surface area contributed by atoms with E-state index in [2.05, 4.69) is 12.7 Å². The highest BCUT2D eigenvalue weighted by atomic mass is 16.2. The van der Waals surface area contributed by atoms with Gasteiger partial charge < -0.3 is 4.90 Å². The number of hydrogen-bond donors (Lipinski definition) is 0. The summed E-state index contributed by atoms with van der Waals surface area (Å²) in [6, 6.07) is 0.312. The Balaban J connectivity index is 2.73. The number of carbonyl (C=O) groups is 1. The Morgan fingerprint density at radius 1 is 1.50 bits per heavy atom. The summed E-state index contributed by atoms with van der Waals surface area (Å²) in [4.78, 5) is 13.5. The van der Waals surface area contributed by atoms with Crippen LogP contribution in [0.1, 0.15) is 33.1 Å². The maximum absolute atomic E-state index is 11.6. The Morgan fingerprint density at radius 2 is 2.12 bits per heavy atom. The fraction of sp³-hybridized carbons (Fsp3) is 0.500. The summed E-state index contributed by atoms with van der Waals surface area (Å²) in [5.41, 5.74) is 2.59. The molecule has 0 saturated carbocycles. The molecule has 1 unspecified atom stereocenters. The predicted octanol–water partition coefficient (Wildman–Crippen LogP) is 3.08. The van der Waals surface area contributed by atoms with Crippen molar-refractivity contribution in [2.24, 2.45) is 0 Å². The monoisotopic (exact) mass is 219 g/mol. The van der Waals surface area contributed by atoms with Crippen molar-refractivity contribution < 1.29 is 4.79 Å². The van der Waals surface area contributed by atoms with Crippen molar-refractivity contribution >= 4 is 5.91 Å². The van der Waals surface area contributed by atoms with Crippen molar-refractivity contribution in [1.29, 1.82) is 0 Å². The fourth-order valence-corrected chi connectivity index (χ4v) is 2.16. The van der Waals surface area contributed by atoms with Crippen LogP contribution in [0.2, 0.25) is 0 Å². The first kappa shape index (κ1) is 12.8. The molecule has 16 heavy (non-hydrogen) atoms. The van der Waals surface area contributed by atoms with E-state index in [1.54, 1.807) is 0 Å². The van der Waals surface area contributed by atoms with Gasteiger partial charge in [0.2, 0.25) is 5.91 Å². The largest absolute Gasteiger partial charge is 0.342 e. The van der Waals surface area contributed by atoms with Crippen LogP contribution in [-0.2, 0) is 4.79 Å². The van der Waals surface area contributed by atoms with E-state index in [-0.39, 0.29) is 5.91 Å². The molecule has 0 N–H and O–H groups in total. The van der Waals surface area contributed by atoms with Crippen LogP contribution in [0.4, 0.5) is 0 Å². The van der Waals surface area contributed by atoms with Gasteiger partial charge >= 0.3 is 0 Å². The van der Waals surface area contributed by atoms with Crippen LogP contribution in [0.3, 0.4) is 0 Å². The predicted molar refractivity (Wildman–Crippen MR) is 68.1 cm³/mol. The van der Waals surface area contributed by atoms with Crippen LogP contribution < -0.4 is 0 Å². The second kappa shape index (κ2) is 5.69. The number of amides is 1. The summed E-state index contributed by atoms with van der Waals surface area (Å²) < 4.78 is 0. The molecule has 2 heteroatoms. The molecule has 88 valence electrons. The molecular weight excluding hydrogens is 198 g/mol. The standard InChI is InChI=1S/C14H21NO/c1-5-8-12-10-13(9-11(12)6-2)15(4)14(16)7-3/h5-6,8,13H,2,7,9-10H2,1,3-4H3/b8-5-. The van der Waals surface area contributed by atoms with Gasteiger partial charge in [0.1, 0.15) is 0 Å². The van der Waals surface area contributed by atoms with Crippen LogP contribution in [0.5, 0.6) is 0 Å². The average molecular weight is 219 g/mol. The molecule has 0 aliphatic heterocycles. The zero-order chi connectivity index (χ0) is 12.1. The number of hydrogen-bond acceptors (Lipinski definition) is 1. The lowest BCUT2D eigenvalue weighted by atomic mass is 10.1. The molecule has 1 amide bonds. The third-order valence-corrected chi connectivity index (χ3v) is 3.18. The lowest BCUT2D eigenvalue weighted by Crippen LogP contribution is -2.35. The van der Waals surface area contributed by atoms with Crippen LogP contribution >= 0.6 is 0 Å². The highest BCUT2D eigenvalue weighted by Crippen LogP contribution is 2.31. The number of allylic oxidation sites excluding steroid dienone is 3. The summed E-state index contributed by atoms with van der Waals surface area (Å²) in [6.07, 6.45) is 8.55. The molecule has 0 aromatic carbocycles. The van der Waals surface area contributed by atoms with Gasteiger partial charge in [-0.15, -0.1) is 0 Å². The lowest BCUT2D eigenvalue weighted by Gasteiger charge is -2.24. The summed E-state index contributed by atoms with van der Waals surface area (Å²) in [6.45, 7) is 7.76. The minimum absolute atomic E-state index is 0.218. The number of rotatable bonds is 4. The molecule has 1 rings (SSSR count). The van der Waals surface area contributed by atoms with E-state index in [4.69, 9.17) is 0 Å². The molecule has 0 bridgehead atoms. The molecule has 0 aromatic rings. The van der Waals surface area contributed by atoms with Crippen molar-refractivity contribution in [3.63, 3.8) is 0 Å². The van der Waals surface area contributed by atoms with E-state index in [0.717, 1.165) is 12.8 Å². The quantitative estimate of drug-likeness (QED) is 0.711. The third-order valence-electron chi connectivity index (χ3n) is 3.18. The smallest absolute Gasteiger partial charge is 0.222 e. The van der Waals surface area contributed by atoms with E-state index < -0.39 is 0 Å². The average Bonchev–Trinajstić information content (AvgIpc) is 2.70. The first-order chi connectivity index (χ1) is 7.63. The molecule has 1 aliphatic rings. The Kier molecular flexibility index (Phi) is 4.53. The zero-order valence-electron chi connectivity index (χ0n) is 10.5. The van der Waals surface area contributed by atoms with Gasteiger partial charge in [-0.1, -0.05) is 31.7 Å². The highest BCUT2D eigenvalue weighted by Gasteiger charge is 2.26. The third kappa shape index (κ3) is 2.63. The van der Waals surface area contributed by atoms with Gasteiger partial charge in [0.15, 0.2) is 0 Å². The molecule has 0 spiro atoms. The Hall–Kier alpha value is -1.31. The van der Waals surface area contributed by atoms with Crippen molar-refractivity contribution in [3.8, 4) is 0 Å². The maximum Gasteiger partial charge on any atom is 0.222 e. The molecular formula is C14H21NO. The Labute approximate surface area is 98.3 Å². The normalized spacial score (nSPS) is 20.6. The first-order valence-electron chi connectivity index (χ1n) is 5.86. The summed E-state index contributed by atoms with van der Waals surface area (Å²) in [5.74, 6) is 0.218. The molecule has 1 atom stereocenters. The van der Waals surface area contributed by atoms with Gasteiger partial charge in [0.25, 0.3) is 0 Å². The molecule has 2 nitrogen and oxygen atoms in total. The Bertz CT molecular complexity index is 339. The van der Waals surface area contributed by atoms with E-state index in [9.17, 15) is 4.79 Å². The first-order valence-corrected chi connectivity index (χ1v) is 5.86. The summed E-state index contributed by atoms with van der Waals surface area (Å²) >= 11 is 0.